The Kier molecular flexibility index (Phi) is 15.7. The first kappa shape index (κ1) is 52.8. The Hall–Kier alpha value is -0.980. The fraction of sp³-hybridized carbons (Fsp3) is 0.958. The van der Waals surface area contributed by atoms with Crippen LogP contribution in [0.1, 0.15) is 113 Å². The van der Waals surface area contributed by atoms with Crippen molar-refractivity contribution in [3.8, 4) is 0 Å². The molecule has 0 spiro atoms. The maximum absolute atomic E-state index is 12.7. The van der Waals surface area contributed by atoms with Gasteiger partial charge in [0.1, 0.15) is 73.2 Å². The fourth-order valence-corrected chi connectivity index (χ4v) is 14.9. The van der Waals surface area contributed by atoms with Crippen LogP contribution in [0.5, 0.6) is 0 Å². The van der Waals surface area contributed by atoms with E-state index in [0.29, 0.717) is 25.7 Å². The molecule has 0 aromatic heterocycles. The van der Waals surface area contributed by atoms with Crippen molar-refractivity contribution >= 4 is 0 Å². The minimum absolute atomic E-state index is 0.0905. The van der Waals surface area contributed by atoms with Gasteiger partial charge in [-0.05, 0) is 124 Å². The van der Waals surface area contributed by atoms with Gasteiger partial charge >= 0.3 is 0 Å². The van der Waals surface area contributed by atoms with Gasteiger partial charge in [-0.1, -0.05) is 46.3 Å². The molecule has 3 heterocycles. The number of aliphatic hydroxyl groups excluding tert-OH is 12. The van der Waals surface area contributed by atoms with Crippen molar-refractivity contribution in [3.63, 3.8) is 0 Å². The molecule has 7 aliphatic rings. The Morgan fingerprint density at radius 1 is 0.606 bits per heavy atom. The average Bonchev–Trinajstić information content (AvgIpc) is 3.65. The van der Waals surface area contributed by atoms with E-state index in [4.69, 9.17) is 28.4 Å². The van der Waals surface area contributed by atoms with Gasteiger partial charge in [0.25, 0.3) is 0 Å². The number of fused-ring (bicyclic) bond motifs is 5. The van der Waals surface area contributed by atoms with Gasteiger partial charge in [-0.2, -0.15) is 0 Å². The van der Waals surface area contributed by atoms with Gasteiger partial charge in [0, 0.05) is 0 Å². The van der Waals surface area contributed by atoms with Crippen molar-refractivity contribution in [2.24, 2.45) is 45.3 Å². The molecule has 18 heteroatoms. The highest BCUT2D eigenvalue weighted by atomic mass is 16.8. The first-order valence-electron chi connectivity index (χ1n) is 24.4. The summed E-state index contributed by atoms with van der Waals surface area (Å²) >= 11 is 0. The molecule has 0 radical (unpaired) electrons. The van der Waals surface area contributed by atoms with Gasteiger partial charge in [-0.3, -0.25) is 0 Å². The van der Waals surface area contributed by atoms with Gasteiger partial charge in [-0.25, -0.2) is 0 Å². The van der Waals surface area contributed by atoms with E-state index >= 15 is 0 Å². The van der Waals surface area contributed by atoms with Gasteiger partial charge in [0.05, 0.1) is 37.6 Å². The standard InChI is InChI=1S/C48H82O18/c1-22(2)10-9-14-48(8,66-42-39(60)36(57)33(54)26(20-50)62-42)23-11-16-47(7)31(23)24(52)18-29-45(5)15-13-30(44(3,4)28(45)12-17-46(29,47)6)64-43-40(37(58)34(55)27(21-51)63-43)65-41-38(59)35(56)32(53)25(19-49)61-41/h10,23-43,49-60H,9,11-21H2,1-8H3. The Morgan fingerprint density at radius 2 is 1.14 bits per heavy atom. The summed E-state index contributed by atoms with van der Waals surface area (Å²) < 4.78 is 37.2. The lowest BCUT2D eigenvalue weighted by Crippen LogP contribution is -2.68. The highest BCUT2D eigenvalue weighted by Gasteiger charge is 2.72. The molecule has 25 unspecified atom stereocenters. The van der Waals surface area contributed by atoms with E-state index in [2.05, 4.69) is 40.7 Å². The van der Waals surface area contributed by atoms with E-state index in [-0.39, 0.29) is 39.9 Å². The summed E-state index contributed by atoms with van der Waals surface area (Å²) in [7, 11) is 0. The molecule has 3 aliphatic heterocycles. The molecule has 18 nitrogen and oxygen atoms in total. The highest BCUT2D eigenvalue weighted by molar-refractivity contribution is 5.20. The summed E-state index contributed by atoms with van der Waals surface area (Å²) in [5, 5.41) is 129. The lowest BCUT2D eigenvalue weighted by Gasteiger charge is -2.71. The third-order valence-electron chi connectivity index (χ3n) is 18.8. The summed E-state index contributed by atoms with van der Waals surface area (Å²) in [6.45, 7) is 15.5. The molecule has 25 atom stereocenters. The molecular formula is C48H82O18. The third-order valence-corrected chi connectivity index (χ3v) is 18.8. The Labute approximate surface area is 388 Å². The molecule has 382 valence electrons. The normalized spacial score (nSPS) is 52.4. The van der Waals surface area contributed by atoms with Crippen molar-refractivity contribution in [1.29, 1.82) is 0 Å². The number of hydrogen-bond acceptors (Lipinski definition) is 18. The summed E-state index contributed by atoms with van der Waals surface area (Å²) in [6.07, 6.45) is -15.4. The van der Waals surface area contributed by atoms with Crippen molar-refractivity contribution in [1.82, 2.24) is 0 Å². The van der Waals surface area contributed by atoms with Gasteiger partial charge < -0.3 is 89.7 Å². The first-order valence-corrected chi connectivity index (χ1v) is 24.4. The van der Waals surface area contributed by atoms with Crippen molar-refractivity contribution in [2.45, 2.75) is 223 Å². The molecule has 3 saturated heterocycles. The summed E-state index contributed by atoms with van der Waals surface area (Å²) in [5.41, 5.74) is -1.12. The number of hydrogen-bond donors (Lipinski definition) is 12. The van der Waals surface area contributed by atoms with Crippen LogP contribution in [-0.2, 0) is 28.4 Å². The molecule has 0 aromatic carbocycles. The first-order chi connectivity index (χ1) is 30.8. The summed E-state index contributed by atoms with van der Waals surface area (Å²) in [6, 6.07) is 0. The average molecular weight is 947 g/mol. The molecule has 12 N–H and O–H groups in total. The zero-order chi connectivity index (χ0) is 48.6. The minimum Gasteiger partial charge on any atom is -0.394 e. The quantitative estimate of drug-likeness (QED) is 0.0853. The lowest BCUT2D eigenvalue weighted by atomic mass is 9.35. The topological polar surface area (TPSA) is 298 Å². The molecule has 7 rings (SSSR count). The number of ether oxygens (including phenoxy) is 6. The Bertz CT molecular complexity index is 1680. The van der Waals surface area contributed by atoms with E-state index in [1.54, 1.807) is 0 Å². The predicted octanol–water partition coefficient (Wildman–Crippen LogP) is -0.0268. The second-order valence-corrected chi connectivity index (χ2v) is 22.9. The Morgan fingerprint density at radius 3 is 1.71 bits per heavy atom. The second-order valence-electron chi connectivity index (χ2n) is 22.9. The zero-order valence-electron chi connectivity index (χ0n) is 40.0. The predicted molar refractivity (Wildman–Crippen MR) is 234 cm³/mol. The number of aliphatic hydroxyl groups is 12. The van der Waals surface area contributed by atoms with E-state index in [0.717, 1.165) is 37.7 Å². The molecule has 4 aliphatic carbocycles. The van der Waals surface area contributed by atoms with E-state index in [1.165, 1.54) is 0 Å². The molecule has 4 saturated carbocycles. The van der Waals surface area contributed by atoms with E-state index in [1.807, 2.05) is 20.8 Å². The maximum atomic E-state index is 12.7. The number of allylic oxidation sites excluding steroid dienone is 2. The van der Waals surface area contributed by atoms with Crippen molar-refractivity contribution < 1.29 is 89.7 Å². The Balaban J connectivity index is 1.13. The maximum Gasteiger partial charge on any atom is 0.187 e. The molecule has 0 bridgehead atoms. The molecule has 0 amide bonds. The minimum atomic E-state index is -1.79. The van der Waals surface area contributed by atoms with Crippen LogP contribution in [0, 0.1) is 45.3 Å². The van der Waals surface area contributed by atoms with Crippen LogP contribution in [-0.4, -0.2) is 191 Å². The van der Waals surface area contributed by atoms with Crippen molar-refractivity contribution in [3.05, 3.63) is 11.6 Å². The molecule has 66 heavy (non-hydrogen) atoms. The zero-order valence-corrected chi connectivity index (χ0v) is 40.0. The van der Waals surface area contributed by atoms with Gasteiger partial charge in [0.15, 0.2) is 18.9 Å². The van der Waals surface area contributed by atoms with Crippen LogP contribution in [0.4, 0.5) is 0 Å². The fourth-order valence-electron chi connectivity index (χ4n) is 14.9. The molecule has 7 fully saturated rings. The summed E-state index contributed by atoms with van der Waals surface area (Å²) in [5.74, 6) is -0.151. The number of rotatable bonds is 13. The van der Waals surface area contributed by atoms with Crippen LogP contribution >= 0.6 is 0 Å². The molecular weight excluding hydrogens is 865 g/mol. The van der Waals surface area contributed by atoms with Crippen LogP contribution in [0.2, 0.25) is 0 Å². The van der Waals surface area contributed by atoms with Crippen LogP contribution in [0.15, 0.2) is 11.6 Å². The van der Waals surface area contributed by atoms with Crippen LogP contribution in [0.25, 0.3) is 0 Å². The largest absolute Gasteiger partial charge is 0.394 e. The van der Waals surface area contributed by atoms with Crippen molar-refractivity contribution in [2.75, 3.05) is 19.8 Å². The summed E-state index contributed by atoms with van der Waals surface area (Å²) in [4.78, 5) is 0. The van der Waals surface area contributed by atoms with Crippen LogP contribution < -0.4 is 0 Å². The SMILES string of the molecule is CC(C)=CCCC(C)(OC1OC(CO)C(O)C(O)C1O)C1CCC2(C)C1C(O)CC1C3(C)CCC(OC4OC(CO)C(O)C(O)C4OC4OC(CO)C(O)C(O)C4O)C(C)(C)C3CCC12C. The lowest BCUT2D eigenvalue weighted by molar-refractivity contribution is -0.378. The third kappa shape index (κ3) is 8.79. The van der Waals surface area contributed by atoms with Gasteiger partial charge in [-0.15, -0.1) is 0 Å². The monoisotopic (exact) mass is 947 g/mol. The smallest absolute Gasteiger partial charge is 0.187 e. The van der Waals surface area contributed by atoms with E-state index < -0.39 is 135 Å². The van der Waals surface area contributed by atoms with Gasteiger partial charge in [0.2, 0.25) is 0 Å². The second kappa shape index (κ2) is 19.6. The van der Waals surface area contributed by atoms with E-state index in [9.17, 15) is 61.3 Å². The highest BCUT2D eigenvalue weighted by Crippen LogP contribution is 2.76. The van der Waals surface area contributed by atoms with Crippen LogP contribution in [0.3, 0.4) is 0 Å². The molecule has 0 aromatic rings.